The van der Waals surface area contributed by atoms with Crippen LogP contribution in [0, 0.1) is 13.8 Å². The molecule has 0 saturated heterocycles. The van der Waals surface area contributed by atoms with Crippen LogP contribution in [0.25, 0.3) is 0 Å². The average Bonchev–Trinajstić information content (AvgIpc) is 2.28. The van der Waals surface area contributed by atoms with E-state index in [0.717, 1.165) is 15.3 Å². The van der Waals surface area contributed by atoms with Crippen molar-refractivity contribution in [3.8, 4) is 0 Å². The van der Waals surface area contributed by atoms with Crippen LogP contribution in [0.4, 0.5) is 0 Å². The predicted molar refractivity (Wildman–Crippen MR) is 51.6 cm³/mol. The fraction of sp³-hybridized carbons (Fsp3) is 0.375. The third kappa shape index (κ3) is 1.79. The molecule has 1 amide bonds. The van der Waals surface area contributed by atoms with Crippen molar-refractivity contribution < 1.29 is 4.79 Å². The van der Waals surface area contributed by atoms with E-state index in [0.29, 0.717) is 0 Å². The molecule has 12 heavy (non-hydrogen) atoms. The topological polar surface area (TPSA) is 43.1 Å². The molecular weight excluding hydrogens is 194 g/mol. The lowest BCUT2D eigenvalue weighted by molar-refractivity contribution is -0.117. The first-order chi connectivity index (χ1) is 5.52. The van der Waals surface area contributed by atoms with Gasteiger partial charge in [-0.2, -0.15) is 0 Å². The third-order valence-corrected chi connectivity index (χ3v) is 3.03. The van der Waals surface area contributed by atoms with Crippen molar-refractivity contribution in [2.24, 2.45) is 5.73 Å². The zero-order chi connectivity index (χ0) is 9.30. The number of rotatable bonds is 2. The monoisotopic (exact) mass is 203 g/mol. The minimum atomic E-state index is -0.685. The maximum atomic E-state index is 10.8. The maximum Gasteiger partial charge on any atom is 0.240 e. The molecule has 0 aromatic carbocycles. The number of nitrogens with two attached hydrogens (primary N) is 1. The Kier molecular flexibility index (Phi) is 2.75. The average molecular weight is 204 g/mol. The fourth-order valence-corrected chi connectivity index (χ4v) is 2.31. The molecule has 0 saturated carbocycles. The second kappa shape index (κ2) is 3.46. The first-order valence-electron chi connectivity index (χ1n) is 3.52. The molecule has 2 nitrogen and oxygen atoms in total. The Labute approximate surface area is 80.3 Å². The summed E-state index contributed by atoms with van der Waals surface area (Å²) in [6, 6.07) is 1.91. The predicted octanol–water partition coefficient (Wildman–Crippen LogP) is 2.13. The summed E-state index contributed by atoms with van der Waals surface area (Å²) in [5, 5.41) is -0.685. The maximum absolute atomic E-state index is 10.8. The SMILES string of the molecule is Cc1cc(C(Cl)C(N)=O)c(C)s1. The van der Waals surface area contributed by atoms with Gasteiger partial charge in [0.15, 0.2) is 0 Å². The highest BCUT2D eigenvalue weighted by atomic mass is 35.5. The number of hydrogen-bond donors (Lipinski definition) is 1. The zero-order valence-electron chi connectivity index (χ0n) is 6.93. The molecule has 1 heterocycles. The summed E-state index contributed by atoms with van der Waals surface area (Å²) in [5.41, 5.74) is 5.92. The summed E-state index contributed by atoms with van der Waals surface area (Å²) in [6.07, 6.45) is 0. The van der Waals surface area contributed by atoms with E-state index in [4.69, 9.17) is 17.3 Å². The number of hydrogen-bond acceptors (Lipinski definition) is 2. The van der Waals surface area contributed by atoms with Crippen molar-refractivity contribution in [1.82, 2.24) is 0 Å². The van der Waals surface area contributed by atoms with Gasteiger partial charge in [0, 0.05) is 9.75 Å². The number of halogens is 1. The van der Waals surface area contributed by atoms with E-state index < -0.39 is 11.3 Å². The molecule has 0 bridgehead atoms. The van der Waals surface area contributed by atoms with Gasteiger partial charge in [0.05, 0.1) is 0 Å². The first-order valence-corrected chi connectivity index (χ1v) is 4.78. The quantitative estimate of drug-likeness (QED) is 0.736. The Morgan fingerprint density at radius 1 is 1.67 bits per heavy atom. The third-order valence-electron chi connectivity index (χ3n) is 1.60. The molecule has 0 aliphatic carbocycles. The normalized spacial score (nSPS) is 12.9. The molecule has 1 aromatic heterocycles. The van der Waals surface area contributed by atoms with Gasteiger partial charge in [-0.05, 0) is 25.5 Å². The number of carbonyl (C=O) groups is 1. The van der Waals surface area contributed by atoms with Crippen molar-refractivity contribution in [3.05, 3.63) is 21.4 Å². The highest BCUT2D eigenvalue weighted by Crippen LogP contribution is 2.29. The molecule has 1 atom stereocenters. The highest BCUT2D eigenvalue weighted by molar-refractivity contribution is 7.12. The van der Waals surface area contributed by atoms with E-state index in [1.165, 1.54) is 0 Å². The van der Waals surface area contributed by atoms with Crippen molar-refractivity contribution in [2.75, 3.05) is 0 Å². The summed E-state index contributed by atoms with van der Waals surface area (Å²) in [5.74, 6) is -0.488. The number of alkyl halides is 1. The van der Waals surface area contributed by atoms with Crippen LogP contribution in [0.15, 0.2) is 6.07 Å². The standard InChI is InChI=1S/C8H10ClNOS/c1-4-3-6(5(2)12-4)7(9)8(10)11/h3,7H,1-2H3,(H2,10,11). The zero-order valence-corrected chi connectivity index (χ0v) is 8.50. The van der Waals surface area contributed by atoms with Gasteiger partial charge >= 0.3 is 0 Å². The van der Waals surface area contributed by atoms with Gasteiger partial charge in [-0.1, -0.05) is 0 Å². The van der Waals surface area contributed by atoms with E-state index in [1.807, 2.05) is 19.9 Å². The van der Waals surface area contributed by atoms with Gasteiger partial charge in [-0.3, -0.25) is 4.79 Å². The summed E-state index contributed by atoms with van der Waals surface area (Å²) in [6.45, 7) is 3.91. The number of aryl methyl sites for hydroxylation is 2. The fourth-order valence-electron chi connectivity index (χ4n) is 1.06. The van der Waals surface area contributed by atoms with Gasteiger partial charge in [0.1, 0.15) is 5.38 Å². The molecule has 1 unspecified atom stereocenters. The van der Waals surface area contributed by atoms with E-state index in [-0.39, 0.29) is 0 Å². The molecule has 0 aliphatic heterocycles. The Morgan fingerprint density at radius 2 is 2.25 bits per heavy atom. The first kappa shape index (κ1) is 9.55. The van der Waals surface area contributed by atoms with E-state index >= 15 is 0 Å². The molecule has 66 valence electrons. The second-order valence-corrected chi connectivity index (χ2v) is 4.53. The number of amides is 1. The summed E-state index contributed by atoms with van der Waals surface area (Å²) < 4.78 is 0. The highest BCUT2D eigenvalue weighted by Gasteiger charge is 2.17. The summed E-state index contributed by atoms with van der Waals surface area (Å²) in [4.78, 5) is 13.0. The molecule has 0 spiro atoms. The minimum Gasteiger partial charge on any atom is -0.368 e. The Hall–Kier alpha value is -0.540. The van der Waals surface area contributed by atoms with Crippen molar-refractivity contribution in [3.63, 3.8) is 0 Å². The van der Waals surface area contributed by atoms with E-state index in [2.05, 4.69) is 0 Å². The van der Waals surface area contributed by atoms with Crippen LogP contribution in [0.5, 0.6) is 0 Å². The molecule has 1 aromatic rings. The van der Waals surface area contributed by atoms with Gasteiger partial charge < -0.3 is 5.73 Å². The van der Waals surface area contributed by atoms with Crippen LogP contribution in [0.2, 0.25) is 0 Å². The van der Waals surface area contributed by atoms with Gasteiger partial charge in [-0.15, -0.1) is 22.9 Å². The lowest BCUT2D eigenvalue weighted by atomic mass is 10.2. The molecular formula is C8H10ClNOS. The minimum absolute atomic E-state index is 0.488. The molecule has 0 fully saturated rings. The van der Waals surface area contributed by atoms with Crippen LogP contribution >= 0.6 is 22.9 Å². The Morgan fingerprint density at radius 3 is 2.58 bits per heavy atom. The van der Waals surface area contributed by atoms with Crippen LogP contribution < -0.4 is 5.73 Å². The van der Waals surface area contributed by atoms with Crippen molar-refractivity contribution in [1.29, 1.82) is 0 Å². The van der Waals surface area contributed by atoms with Crippen molar-refractivity contribution >= 4 is 28.8 Å². The number of thiophene rings is 1. The molecule has 0 radical (unpaired) electrons. The largest absolute Gasteiger partial charge is 0.368 e. The smallest absolute Gasteiger partial charge is 0.240 e. The molecule has 2 N–H and O–H groups in total. The summed E-state index contributed by atoms with van der Waals surface area (Å²) >= 11 is 7.41. The number of carbonyl (C=O) groups excluding carboxylic acids is 1. The molecule has 1 rings (SSSR count). The van der Waals surface area contributed by atoms with Gasteiger partial charge in [-0.25, -0.2) is 0 Å². The lowest BCUT2D eigenvalue weighted by Gasteiger charge is -2.02. The number of primary amides is 1. The van der Waals surface area contributed by atoms with Gasteiger partial charge in [0.25, 0.3) is 0 Å². The van der Waals surface area contributed by atoms with Crippen molar-refractivity contribution in [2.45, 2.75) is 19.2 Å². The van der Waals surface area contributed by atoms with Crippen LogP contribution in [0.1, 0.15) is 20.7 Å². The van der Waals surface area contributed by atoms with E-state index in [1.54, 1.807) is 11.3 Å². The Bertz CT molecular complexity index is 308. The van der Waals surface area contributed by atoms with E-state index in [9.17, 15) is 4.79 Å². The second-order valence-electron chi connectivity index (χ2n) is 2.63. The molecule has 0 aliphatic rings. The van der Waals surface area contributed by atoms with Crippen LogP contribution in [0.3, 0.4) is 0 Å². The molecule has 4 heteroatoms. The summed E-state index contributed by atoms with van der Waals surface area (Å²) in [7, 11) is 0. The lowest BCUT2D eigenvalue weighted by Crippen LogP contribution is -2.16. The van der Waals surface area contributed by atoms with Crippen LogP contribution in [-0.2, 0) is 4.79 Å². The Balaban J connectivity index is 3.02. The van der Waals surface area contributed by atoms with Gasteiger partial charge in [0.2, 0.25) is 5.91 Å². The van der Waals surface area contributed by atoms with Crippen LogP contribution in [-0.4, -0.2) is 5.91 Å².